The number of piperazine rings is 1. The van der Waals surface area contributed by atoms with Gasteiger partial charge >= 0.3 is 0 Å². The highest BCUT2D eigenvalue weighted by molar-refractivity contribution is 6.33. The molecule has 3 rings (SSSR count). The molecule has 27 heavy (non-hydrogen) atoms. The number of aryl methyl sites for hydroxylation is 1. The SMILES string of the molecule is Cc1cc(NC(=O)C(C)N2CCN(C(=O)c3ccc(F)cc3Cl)CC2)no1. The Hall–Kier alpha value is -2.45. The van der Waals surface area contributed by atoms with Crippen molar-refractivity contribution in [2.75, 3.05) is 31.5 Å². The second-order valence-electron chi connectivity index (χ2n) is 6.44. The van der Waals surface area contributed by atoms with Crippen LogP contribution >= 0.6 is 11.6 Å². The average molecular weight is 395 g/mol. The van der Waals surface area contributed by atoms with Crippen LogP contribution < -0.4 is 5.32 Å². The van der Waals surface area contributed by atoms with E-state index in [1.807, 2.05) is 4.90 Å². The number of anilines is 1. The first kappa shape index (κ1) is 19.3. The Morgan fingerprint density at radius 3 is 2.56 bits per heavy atom. The van der Waals surface area contributed by atoms with Gasteiger partial charge in [0.2, 0.25) is 5.91 Å². The highest BCUT2D eigenvalue weighted by atomic mass is 35.5. The van der Waals surface area contributed by atoms with Gasteiger partial charge in [-0.25, -0.2) is 4.39 Å². The van der Waals surface area contributed by atoms with Crippen molar-refractivity contribution in [3.8, 4) is 0 Å². The number of amides is 2. The highest BCUT2D eigenvalue weighted by Crippen LogP contribution is 2.20. The van der Waals surface area contributed by atoms with Crippen LogP contribution in [0.5, 0.6) is 0 Å². The van der Waals surface area contributed by atoms with Gasteiger partial charge in [-0.3, -0.25) is 14.5 Å². The van der Waals surface area contributed by atoms with E-state index in [0.29, 0.717) is 37.8 Å². The van der Waals surface area contributed by atoms with Gasteiger partial charge in [0.1, 0.15) is 11.6 Å². The molecule has 7 nitrogen and oxygen atoms in total. The lowest BCUT2D eigenvalue weighted by Crippen LogP contribution is -2.54. The molecule has 0 bridgehead atoms. The minimum absolute atomic E-state index is 0.0954. The van der Waals surface area contributed by atoms with E-state index in [0.717, 1.165) is 6.07 Å². The number of hydrogen-bond acceptors (Lipinski definition) is 5. The summed E-state index contributed by atoms with van der Waals surface area (Å²) in [5, 5.41) is 6.56. The van der Waals surface area contributed by atoms with Crippen molar-refractivity contribution < 1.29 is 18.5 Å². The van der Waals surface area contributed by atoms with E-state index in [9.17, 15) is 14.0 Å². The maximum absolute atomic E-state index is 13.2. The zero-order chi connectivity index (χ0) is 19.6. The zero-order valence-corrected chi connectivity index (χ0v) is 15.8. The number of benzene rings is 1. The normalized spacial score (nSPS) is 16.2. The van der Waals surface area contributed by atoms with E-state index in [1.165, 1.54) is 12.1 Å². The van der Waals surface area contributed by atoms with Crippen LogP contribution in [-0.2, 0) is 4.79 Å². The third-order valence-corrected chi connectivity index (χ3v) is 4.88. The molecule has 1 fully saturated rings. The van der Waals surface area contributed by atoms with Crippen LogP contribution in [-0.4, -0.2) is 59.0 Å². The molecule has 2 heterocycles. The summed E-state index contributed by atoms with van der Waals surface area (Å²) in [5.74, 6) is 0.0802. The summed E-state index contributed by atoms with van der Waals surface area (Å²) in [5.41, 5.74) is 0.277. The second-order valence-corrected chi connectivity index (χ2v) is 6.85. The molecule has 1 aliphatic rings. The van der Waals surface area contributed by atoms with Crippen molar-refractivity contribution >= 4 is 29.2 Å². The minimum Gasteiger partial charge on any atom is -0.360 e. The molecule has 1 N–H and O–H groups in total. The molecule has 2 amide bonds. The third kappa shape index (κ3) is 4.45. The molecule has 2 aromatic rings. The van der Waals surface area contributed by atoms with Gasteiger partial charge in [0, 0.05) is 32.2 Å². The van der Waals surface area contributed by atoms with Gasteiger partial charge in [0.15, 0.2) is 5.82 Å². The van der Waals surface area contributed by atoms with E-state index in [2.05, 4.69) is 10.5 Å². The molecule has 0 spiro atoms. The van der Waals surface area contributed by atoms with Crippen molar-refractivity contribution in [1.29, 1.82) is 0 Å². The molecule has 144 valence electrons. The van der Waals surface area contributed by atoms with Gasteiger partial charge in [-0.2, -0.15) is 0 Å². The minimum atomic E-state index is -0.483. The Morgan fingerprint density at radius 1 is 1.26 bits per heavy atom. The molecule has 1 aromatic carbocycles. The molecular weight excluding hydrogens is 375 g/mol. The number of nitrogens with zero attached hydrogens (tertiary/aromatic N) is 3. The molecule has 1 aliphatic heterocycles. The summed E-state index contributed by atoms with van der Waals surface area (Å²) in [6.45, 7) is 5.53. The standard InChI is InChI=1S/C18H20ClFN4O3/c1-11-9-16(22-27-11)21-17(25)12(2)23-5-7-24(8-6-23)18(26)14-4-3-13(20)10-15(14)19/h3-4,9-10,12H,5-8H2,1-2H3,(H,21,22,25). The number of rotatable bonds is 4. The van der Waals surface area contributed by atoms with Gasteiger partial charge in [0.25, 0.3) is 5.91 Å². The predicted octanol–water partition coefficient (Wildman–Crippen LogP) is 2.56. The monoisotopic (exact) mass is 394 g/mol. The van der Waals surface area contributed by atoms with Crippen LogP contribution in [0.3, 0.4) is 0 Å². The average Bonchev–Trinajstić information content (AvgIpc) is 3.05. The van der Waals surface area contributed by atoms with E-state index in [4.69, 9.17) is 16.1 Å². The predicted molar refractivity (Wildman–Crippen MR) is 98.2 cm³/mol. The highest BCUT2D eigenvalue weighted by Gasteiger charge is 2.29. The lowest BCUT2D eigenvalue weighted by Gasteiger charge is -2.37. The number of carbonyl (C=O) groups excluding carboxylic acids is 2. The topological polar surface area (TPSA) is 78.7 Å². The van der Waals surface area contributed by atoms with Crippen LogP contribution in [0.1, 0.15) is 23.0 Å². The lowest BCUT2D eigenvalue weighted by atomic mass is 10.1. The van der Waals surface area contributed by atoms with Crippen molar-refractivity contribution in [3.05, 3.63) is 46.4 Å². The van der Waals surface area contributed by atoms with Crippen LogP contribution in [0.15, 0.2) is 28.8 Å². The number of aromatic nitrogens is 1. The lowest BCUT2D eigenvalue weighted by molar-refractivity contribution is -0.121. The first-order valence-corrected chi connectivity index (χ1v) is 8.95. The molecular formula is C18H20ClFN4O3. The maximum atomic E-state index is 13.2. The first-order valence-electron chi connectivity index (χ1n) is 8.57. The molecule has 0 radical (unpaired) electrons. The summed E-state index contributed by atoms with van der Waals surface area (Å²) in [6.07, 6.45) is 0. The van der Waals surface area contributed by atoms with E-state index in [1.54, 1.807) is 24.8 Å². The molecule has 9 heteroatoms. The quantitative estimate of drug-likeness (QED) is 0.862. The summed E-state index contributed by atoms with van der Waals surface area (Å²) in [7, 11) is 0. The van der Waals surface area contributed by atoms with Gasteiger partial charge in [-0.1, -0.05) is 16.8 Å². The summed E-state index contributed by atoms with van der Waals surface area (Å²) >= 11 is 5.98. The molecule has 1 unspecified atom stereocenters. The van der Waals surface area contributed by atoms with Gasteiger partial charge in [-0.15, -0.1) is 0 Å². The van der Waals surface area contributed by atoms with Gasteiger partial charge in [0.05, 0.1) is 16.6 Å². The van der Waals surface area contributed by atoms with Crippen LogP contribution in [0, 0.1) is 12.7 Å². The van der Waals surface area contributed by atoms with Crippen molar-refractivity contribution in [3.63, 3.8) is 0 Å². The van der Waals surface area contributed by atoms with Crippen molar-refractivity contribution in [2.45, 2.75) is 19.9 Å². The molecule has 0 aliphatic carbocycles. The number of halogens is 2. The van der Waals surface area contributed by atoms with Crippen LogP contribution in [0.25, 0.3) is 0 Å². The molecule has 0 saturated carbocycles. The van der Waals surface area contributed by atoms with Crippen LogP contribution in [0.2, 0.25) is 5.02 Å². The number of nitrogens with one attached hydrogen (secondary N) is 1. The Labute approximate surface area is 161 Å². The van der Waals surface area contributed by atoms with Gasteiger partial charge in [-0.05, 0) is 32.0 Å². The Morgan fingerprint density at radius 2 is 1.96 bits per heavy atom. The van der Waals surface area contributed by atoms with Crippen LogP contribution in [0.4, 0.5) is 10.2 Å². The fraction of sp³-hybridized carbons (Fsp3) is 0.389. The zero-order valence-electron chi connectivity index (χ0n) is 15.0. The number of hydrogen-bond donors (Lipinski definition) is 1. The maximum Gasteiger partial charge on any atom is 0.255 e. The second kappa shape index (κ2) is 8.06. The van der Waals surface area contributed by atoms with Gasteiger partial charge < -0.3 is 14.7 Å². The smallest absolute Gasteiger partial charge is 0.255 e. The van der Waals surface area contributed by atoms with E-state index < -0.39 is 5.82 Å². The van der Waals surface area contributed by atoms with E-state index in [-0.39, 0.29) is 28.4 Å². The summed E-state index contributed by atoms with van der Waals surface area (Å²) in [6, 6.07) is 5.00. The molecule has 1 atom stereocenters. The summed E-state index contributed by atoms with van der Waals surface area (Å²) in [4.78, 5) is 28.6. The fourth-order valence-electron chi connectivity index (χ4n) is 2.97. The van der Waals surface area contributed by atoms with Crippen molar-refractivity contribution in [2.24, 2.45) is 0 Å². The van der Waals surface area contributed by atoms with Crippen molar-refractivity contribution in [1.82, 2.24) is 15.0 Å². The first-order chi connectivity index (χ1) is 12.8. The molecule has 1 saturated heterocycles. The Kier molecular flexibility index (Phi) is 5.76. The Bertz CT molecular complexity index is 849. The largest absolute Gasteiger partial charge is 0.360 e. The van der Waals surface area contributed by atoms with E-state index >= 15 is 0 Å². The number of carbonyl (C=O) groups is 2. The fourth-order valence-corrected chi connectivity index (χ4v) is 3.22. The Balaban J connectivity index is 1.56. The molecule has 1 aromatic heterocycles. The summed E-state index contributed by atoms with van der Waals surface area (Å²) < 4.78 is 18.1. The third-order valence-electron chi connectivity index (χ3n) is 4.57.